The minimum absolute atomic E-state index is 0.0247. The number of aliphatic hydroxyl groups excluding tert-OH is 1. The number of rotatable bonds is 5. The van der Waals surface area contributed by atoms with Crippen LogP contribution in [0.2, 0.25) is 0 Å². The average Bonchev–Trinajstić information content (AvgIpc) is 2.78. The third-order valence-electron chi connectivity index (χ3n) is 3.37. The second-order valence-corrected chi connectivity index (χ2v) is 5.84. The zero-order valence-electron chi connectivity index (χ0n) is 12.6. The number of nitrogens with zero attached hydrogens (tertiary/aromatic N) is 2. The van der Waals surface area contributed by atoms with Crippen molar-refractivity contribution in [1.29, 1.82) is 0 Å². The van der Waals surface area contributed by atoms with Crippen LogP contribution < -0.4 is 4.80 Å². The Balaban J connectivity index is 2.52. The van der Waals surface area contributed by atoms with Gasteiger partial charge in [0.15, 0.2) is 10.6 Å². The van der Waals surface area contributed by atoms with Crippen LogP contribution in [0.4, 0.5) is 5.69 Å². The van der Waals surface area contributed by atoms with Crippen molar-refractivity contribution in [3.63, 3.8) is 0 Å². The first kappa shape index (κ1) is 15.7. The summed E-state index contributed by atoms with van der Waals surface area (Å²) in [6, 6.07) is 8.07. The standard InChI is InChI=1S/C16H20N2O2S/c1-4-13-5-7-14(8-6-13)17-16-18(9-10-19)11(2)15(21-16)12(3)20/h5-8,19H,4,9-10H2,1-3H3/b17-16-. The van der Waals surface area contributed by atoms with E-state index < -0.39 is 0 Å². The Morgan fingerprint density at radius 1 is 1.33 bits per heavy atom. The summed E-state index contributed by atoms with van der Waals surface area (Å²) in [7, 11) is 0. The molecule has 0 atom stereocenters. The fourth-order valence-corrected chi connectivity index (χ4v) is 3.25. The summed E-state index contributed by atoms with van der Waals surface area (Å²) < 4.78 is 1.90. The molecule has 0 spiro atoms. The van der Waals surface area contributed by atoms with Crippen molar-refractivity contribution in [3.05, 3.63) is 45.2 Å². The molecule has 112 valence electrons. The van der Waals surface area contributed by atoms with E-state index in [1.807, 2.05) is 23.6 Å². The van der Waals surface area contributed by atoms with Crippen LogP contribution in [0.25, 0.3) is 0 Å². The number of Topliss-reactive ketones (excluding diaryl/α,β-unsaturated/α-hetero) is 1. The maximum absolute atomic E-state index is 11.7. The zero-order valence-corrected chi connectivity index (χ0v) is 13.4. The largest absolute Gasteiger partial charge is 0.395 e. The van der Waals surface area contributed by atoms with Crippen LogP contribution in [-0.4, -0.2) is 22.1 Å². The predicted molar refractivity (Wildman–Crippen MR) is 85.2 cm³/mol. The fourth-order valence-electron chi connectivity index (χ4n) is 2.18. The Labute approximate surface area is 128 Å². The van der Waals surface area contributed by atoms with Crippen LogP contribution in [0.1, 0.15) is 34.8 Å². The summed E-state index contributed by atoms with van der Waals surface area (Å²) >= 11 is 1.37. The number of ketones is 1. The molecular formula is C16H20N2O2S. The quantitative estimate of drug-likeness (QED) is 0.864. The molecule has 0 saturated heterocycles. The molecule has 1 N–H and O–H groups in total. The van der Waals surface area contributed by atoms with Gasteiger partial charge in [-0.3, -0.25) is 4.79 Å². The SMILES string of the molecule is CCc1ccc(/N=c2\sc(C(C)=O)c(C)n2CCO)cc1. The van der Waals surface area contributed by atoms with Gasteiger partial charge in [0.2, 0.25) is 0 Å². The van der Waals surface area contributed by atoms with E-state index in [2.05, 4.69) is 24.0 Å². The Hall–Kier alpha value is -1.72. The summed E-state index contributed by atoms with van der Waals surface area (Å²) in [4.78, 5) is 17.7. The number of thiazole rings is 1. The van der Waals surface area contributed by atoms with Crippen molar-refractivity contribution in [2.24, 2.45) is 4.99 Å². The molecule has 0 bridgehead atoms. The fraction of sp³-hybridized carbons (Fsp3) is 0.375. The van der Waals surface area contributed by atoms with Crippen molar-refractivity contribution < 1.29 is 9.90 Å². The number of aliphatic hydroxyl groups is 1. The van der Waals surface area contributed by atoms with E-state index in [9.17, 15) is 9.90 Å². The Bertz CT molecular complexity index is 696. The van der Waals surface area contributed by atoms with E-state index in [0.717, 1.165) is 22.6 Å². The maximum Gasteiger partial charge on any atom is 0.190 e. The van der Waals surface area contributed by atoms with E-state index in [1.165, 1.54) is 16.9 Å². The van der Waals surface area contributed by atoms with Gasteiger partial charge in [0.1, 0.15) is 0 Å². The lowest BCUT2D eigenvalue weighted by Gasteiger charge is -2.03. The number of aromatic nitrogens is 1. The minimum atomic E-state index is 0.0247. The Morgan fingerprint density at radius 2 is 2.00 bits per heavy atom. The lowest BCUT2D eigenvalue weighted by Crippen LogP contribution is -2.18. The van der Waals surface area contributed by atoms with Gasteiger partial charge in [-0.2, -0.15) is 0 Å². The zero-order chi connectivity index (χ0) is 15.4. The van der Waals surface area contributed by atoms with Crippen molar-refractivity contribution >= 4 is 22.8 Å². The minimum Gasteiger partial charge on any atom is -0.395 e. The van der Waals surface area contributed by atoms with Gasteiger partial charge in [0, 0.05) is 19.2 Å². The lowest BCUT2D eigenvalue weighted by molar-refractivity contribution is 0.102. The molecule has 0 radical (unpaired) electrons. The molecule has 0 saturated carbocycles. The van der Waals surface area contributed by atoms with E-state index in [-0.39, 0.29) is 12.4 Å². The molecule has 21 heavy (non-hydrogen) atoms. The molecule has 0 aliphatic carbocycles. The topological polar surface area (TPSA) is 54.6 Å². The highest BCUT2D eigenvalue weighted by Gasteiger charge is 2.12. The summed E-state index contributed by atoms with van der Waals surface area (Å²) in [5, 5.41) is 9.21. The molecule has 2 aromatic rings. The highest BCUT2D eigenvalue weighted by atomic mass is 32.1. The molecular weight excluding hydrogens is 284 g/mol. The number of hydrogen-bond acceptors (Lipinski definition) is 4. The highest BCUT2D eigenvalue weighted by molar-refractivity contribution is 7.11. The van der Waals surface area contributed by atoms with Gasteiger partial charge in [0.25, 0.3) is 0 Å². The van der Waals surface area contributed by atoms with Crippen molar-refractivity contribution in [1.82, 2.24) is 4.57 Å². The molecule has 0 amide bonds. The second-order valence-electron chi connectivity index (χ2n) is 4.86. The predicted octanol–water partition coefficient (Wildman–Crippen LogP) is 2.85. The molecule has 1 aromatic carbocycles. The third-order valence-corrected chi connectivity index (χ3v) is 4.65. The average molecular weight is 304 g/mol. The van der Waals surface area contributed by atoms with Crippen molar-refractivity contribution in [2.75, 3.05) is 6.61 Å². The Kier molecular flexibility index (Phi) is 5.09. The monoisotopic (exact) mass is 304 g/mol. The van der Waals surface area contributed by atoms with Crippen LogP contribution >= 0.6 is 11.3 Å². The molecule has 2 rings (SSSR count). The van der Waals surface area contributed by atoms with Crippen LogP contribution in [0, 0.1) is 6.92 Å². The first-order valence-electron chi connectivity index (χ1n) is 7.02. The van der Waals surface area contributed by atoms with Gasteiger partial charge in [-0.25, -0.2) is 4.99 Å². The molecule has 0 aliphatic rings. The number of carbonyl (C=O) groups excluding carboxylic acids is 1. The summed E-state index contributed by atoms with van der Waals surface area (Å²) in [5.74, 6) is 0.0342. The molecule has 0 unspecified atom stereocenters. The first-order chi connectivity index (χ1) is 10.1. The van der Waals surface area contributed by atoms with Gasteiger partial charge in [-0.15, -0.1) is 0 Å². The van der Waals surface area contributed by atoms with Crippen molar-refractivity contribution in [2.45, 2.75) is 33.7 Å². The number of benzene rings is 1. The number of hydrogen-bond donors (Lipinski definition) is 1. The van der Waals surface area contributed by atoms with Crippen LogP contribution in [0.15, 0.2) is 29.3 Å². The number of aryl methyl sites for hydroxylation is 1. The van der Waals surface area contributed by atoms with Gasteiger partial charge in [-0.1, -0.05) is 30.4 Å². The van der Waals surface area contributed by atoms with E-state index >= 15 is 0 Å². The normalized spacial score (nSPS) is 11.9. The summed E-state index contributed by atoms with van der Waals surface area (Å²) in [6.45, 7) is 6.03. The maximum atomic E-state index is 11.7. The number of carbonyl (C=O) groups is 1. The summed E-state index contributed by atoms with van der Waals surface area (Å²) in [5.41, 5.74) is 2.99. The van der Waals surface area contributed by atoms with Crippen LogP contribution in [0.3, 0.4) is 0 Å². The van der Waals surface area contributed by atoms with E-state index in [1.54, 1.807) is 6.92 Å². The second kappa shape index (κ2) is 6.83. The molecule has 5 heteroatoms. The highest BCUT2D eigenvalue weighted by Crippen LogP contribution is 2.16. The molecule has 0 fully saturated rings. The van der Waals surface area contributed by atoms with E-state index in [0.29, 0.717) is 11.4 Å². The summed E-state index contributed by atoms with van der Waals surface area (Å²) in [6.07, 6.45) is 0.997. The molecule has 1 aromatic heterocycles. The molecule has 0 aliphatic heterocycles. The molecule has 4 nitrogen and oxygen atoms in total. The third kappa shape index (κ3) is 3.49. The van der Waals surface area contributed by atoms with Gasteiger partial charge in [-0.05, 0) is 31.0 Å². The van der Waals surface area contributed by atoms with Crippen molar-refractivity contribution in [3.8, 4) is 0 Å². The van der Waals surface area contributed by atoms with Crippen LogP contribution in [-0.2, 0) is 13.0 Å². The Morgan fingerprint density at radius 3 is 2.52 bits per heavy atom. The lowest BCUT2D eigenvalue weighted by atomic mass is 10.2. The van der Waals surface area contributed by atoms with Gasteiger partial charge >= 0.3 is 0 Å². The molecule has 1 heterocycles. The smallest absolute Gasteiger partial charge is 0.190 e. The van der Waals surface area contributed by atoms with E-state index in [4.69, 9.17) is 0 Å². The van der Waals surface area contributed by atoms with Gasteiger partial charge in [0.05, 0.1) is 17.2 Å². The van der Waals surface area contributed by atoms with Crippen LogP contribution in [0.5, 0.6) is 0 Å². The van der Waals surface area contributed by atoms with Gasteiger partial charge < -0.3 is 9.67 Å². The first-order valence-corrected chi connectivity index (χ1v) is 7.84.